The Balaban J connectivity index is 1.56. The van der Waals surface area contributed by atoms with E-state index in [1.807, 2.05) is 91.0 Å². The maximum absolute atomic E-state index is 12.7. The molecule has 0 aromatic heterocycles. The lowest BCUT2D eigenvalue weighted by Crippen LogP contribution is -2.64. The highest BCUT2D eigenvalue weighted by molar-refractivity contribution is 5.75. The molecule has 4 rings (SSSR count). The van der Waals surface area contributed by atoms with Gasteiger partial charge in [-0.05, 0) is 16.7 Å². The zero-order valence-electron chi connectivity index (χ0n) is 24.0. The van der Waals surface area contributed by atoms with E-state index >= 15 is 0 Å². The molecule has 42 heavy (non-hydrogen) atoms. The van der Waals surface area contributed by atoms with Crippen LogP contribution >= 0.6 is 0 Å². The number of hydrogen-bond donors (Lipinski definition) is 2. The van der Waals surface area contributed by atoms with Gasteiger partial charge in [0, 0.05) is 13.3 Å². The van der Waals surface area contributed by atoms with Gasteiger partial charge in [-0.3, -0.25) is 4.79 Å². The van der Waals surface area contributed by atoms with Crippen LogP contribution in [0.25, 0.3) is 0 Å². The van der Waals surface area contributed by atoms with Crippen LogP contribution in [0.15, 0.2) is 91.0 Å². The van der Waals surface area contributed by atoms with E-state index in [0.29, 0.717) is 6.61 Å². The summed E-state index contributed by atoms with van der Waals surface area (Å²) in [7, 11) is 1.28. The average molecular weight is 578 g/mol. The number of esters is 1. The fourth-order valence-electron chi connectivity index (χ4n) is 4.94. The summed E-state index contributed by atoms with van der Waals surface area (Å²) < 4.78 is 29.5. The molecule has 3 aromatic carbocycles. The van der Waals surface area contributed by atoms with Crippen molar-refractivity contribution in [1.29, 1.82) is 0 Å². The summed E-state index contributed by atoms with van der Waals surface area (Å²) in [5.41, 5.74) is 2.81. The van der Waals surface area contributed by atoms with Gasteiger partial charge in [0.15, 0.2) is 6.10 Å². The van der Waals surface area contributed by atoms with Crippen LogP contribution in [0.2, 0.25) is 0 Å². The summed E-state index contributed by atoms with van der Waals surface area (Å²) in [5, 5.41) is 14.7. The minimum absolute atomic E-state index is 0.0357. The van der Waals surface area contributed by atoms with E-state index in [1.165, 1.54) is 14.0 Å². The summed E-state index contributed by atoms with van der Waals surface area (Å²) in [4.78, 5) is 25.0. The van der Waals surface area contributed by atoms with Crippen LogP contribution in [0.3, 0.4) is 0 Å². The molecule has 9 nitrogen and oxygen atoms in total. The quantitative estimate of drug-likeness (QED) is 0.280. The molecule has 0 spiro atoms. The number of aliphatic hydroxyl groups is 1. The van der Waals surface area contributed by atoms with Crippen molar-refractivity contribution in [1.82, 2.24) is 5.32 Å². The number of carbonyl (C=O) groups is 2. The van der Waals surface area contributed by atoms with Crippen molar-refractivity contribution in [3.05, 3.63) is 108 Å². The number of carbonyl (C=O) groups excluding carboxylic acids is 2. The Morgan fingerprint density at radius 2 is 1.43 bits per heavy atom. The van der Waals surface area contributed by atoms with Crippen molar-refractivity contribution >= 4 is 11.9 Å². The monoisotopic (exact) mass is 577 g/mol. The van der Waals surface area contributed by atoms with Gasteiger partial charge < -0.3 is 34.1 Å². The van der Waals surface area contributed by atoms with Crippen molar-refractivity contribution in [2.45, 2.75) is 69.7 Å². The maximum atomic E-state index is 12.7. The van der Waals surface area contributed by atoms with Crippen LogP contribution in [-0.2, 0) is 53.1 Å². The molecule has 0 radical (unpaired) electrons. The van der Waals surface area contributed by atoms with Gasteiger partial charge in [-0.2, -0.15) is 0 Å². The van der Waals surface area contributed by atoms with E-state index in [9.17, 15) is 14.7 Å². The van der Waals surface area contributed by atoms with Gasteiger partial charge in [-0.1, -0.05) is 91.0 Å². The number of aliphatic hydroxyl groups excluding tert-OH is 1. The Bertz CT molecular complexity index is 1230. The van der Waals surface area contributed by atoms with Crippen molar-refractivity contribution in [3.8, 4) is 0 Å². The van der Waals surface area contributed by atoms with Gasteiger partial charge in [0.25, 0.3) is 0 Å². The largest absolute Gasteiger partial charge is 0.467 e. The van der Waals surface area contributed by atoms with Crippen molar-refractivity contribution in [2.24, 2.45) is 0 Å². The zero-order valence-corrected chi connectivity index (χ0v) is 24.0. The highest BCUT2D eigenvalue weighted by atomic mass is 16.6. The summed E-state index contributed by atoms with van der Waals surface area (Å²) in [5.74, 6) is -0.920. The number of amides is 1. The average Bonchev–Trinajstić information content (AvgIpc) is 3.02. The Kier molecular flexibility index (Phi) is 12.0. The van der Waals surface area contributed by atoms with Crippen LogP contribution in [0.1, 0.15) is 30.0 Å². The van der Waals surface area contributed by atoms with Gasteiger partial charge >= 0.3 is 5.97 Å². The van der Waals surface area contributed by atoms with Crippen molar-refractivity contribution in [3.63, 3.8) is 0 Å². The highest BCUT2D eigenvalue weighted by Crippen LogP contribution is 2.29. The first-order valence-electron chi connectivity index (χ1n) is 14.1. The molecular formula is C33H39NO8. The molecule has 0 bridgehead atoms. The predicted molar refractivity (Wildman–Crippen MR) is 155 cm³/mol. The molecule has 0 unspecified atom stereocenters. The number of methoxy groups -OCH3 is 1. The fourth-order valence-corrected chi connectivity index (χ4v) is 4.94. The van der Waals surface area contributed by atoms with E-state index in [-0.39, 0.29) is 32.1 Å². The topological polar surface area (TPSA) is 113 Å². The molecule has 3 aromatic rings. The maximum Gasteiger partial charge on any atom is 0.335 e. The van der Waals surface area contributed by atoms with E-state index in [1.54, 1.807) is 0 Å². The van der Waals surface area contributed by atoms with Gasteiger partial charge in [-0.15, -0.1) is 0 Å². The van der Waals surface area contributed by atoms with Gasteiger partial charge in [0.2, 0.25) is 5.91 Å². The third-order valence-corrected chi connectivity index (χ3v) is 7.08. The number of benzene rings is 3. The molecule has 9 heteroatoms. The summed E-state index contributed by atoms with van der Waals surface area (Å²) >= 11 is 0. The first kappa shape index (κ1) is 31.3. The summed E-state index contributed by atoms with van der Waals surface area (Å²) in [6, 6.07) is 28.0. The standard InChI is InChI=1S/C33H39NO8/c1-23(35)34-30-27(40-20-25-14-8-4-9-15-25)18-28(33(37)38-2)42-32(30)31(36)29(41-21-26-16-10-5-11-17-26)22-39-19-24-12-6-3-7-13-24/h3-17,27-32,36H,18-22H2,1-2H3,(H,34,35)/t27-,28-,29+,30+,31+,32+/m0/s1. The van der Waals surface area contributed by atoms with Crippen LogP contribution < -0.4 is 5.32 Å². The molecule has 1 aliphatic heterocycles. The summed E-state index contributed by atoms with van der Waals surface area (Å²) in [6.45, 7) is 2.19. The molecule has 0 aliphatic carbocycles. The Morgan fingerprint density at radius 1 is 0.881 bits per heavy atom. The molecule has 1 fully saturated rings. The number of nitrogens with one attached hydrogen (secondary N) is 1. The Morgan fingerprint density at radius 3 is 1.98 bits per heavy atom. The first-order valence-corrected chi connectivity index (χ1v) is 14.1. The predicted octanol–water partition coefficient (Wildman–Crippen LogP) is 3.57. The van der Waals surface area contributed by atoms with E-state index < -0.39 is 42.5 Å². The van der Waals surface area contributed by atoms with Crippen LogP contribution in [0, 0.1) is 0 Å². The molecule has 1 amide bonds. The molecule has 1 heterocycles. The second-order valence-electron chi connectivity index (χ2n) is 10.2. The molecule has 2 N–H and O–H groups in total. The SMILES string of the molecule is COC(=O)[C@@H]1C[C@H](OCc2ccccc2)[C@@H](NC(C)=O)[C@H]([C@H](O)[C@@H](COCc2ccccc2)OCc2ccccc2)O1. The number of rotatable bonds is 14. The molecular weight excluding hydrogens is 538 g/mol. The third-order valence-electron chi connectivity index (χ3n) is 7.08. The third kappa shape index (κ3) is 9.20. The second kappa shape index (κ2) is 16.1. The molecule has 1 saturated heterocycles. The lowest BCUT2D eigenvalue weighted by atomic mass is 9.89. The Labute approximate surface area is 246 Å². The molecule has 6 atom stereocenters. The fraction of sp³-hybridized carbons (Fsp3) is 0.394. The zero-order chi connectivity index (χ0) is 29.7. The smallest absolute Gasteiger partial charge is 0.335 e. The van der Waals surface area contributed by atoms with Crippen molar-refractivity contribution in [2.75, 3.05) is 13.7 Å². The molecule has 1 aliphatic rings. The van der Waals surface area contributed by atoms with Crippen molar-refractivity contribution < 1.29 is 38.4 Å². The lowest BCUT2D eigenvalue weighted by molar-refractivity contribution is -0.211. The van der Waals surface area contributed by atoms with Crippen LogP contribution in [0.5, 0.6) is 0 Å². The van der Waals surface area contributed by atoms with Crippen LogP contribution in [-0.4, -0.2) is 67.3 Å². The van der Waals surface area contributed by atoms with E-state index in [2.05, 4.69) is 5.32 Å². The van der Waals surface area contributed by atoms with E-state index in [0.717, 1.165) is 16.7 Å². The number of ether oxygens (including phenoxy) is 5. The first-order chi connectivity index (χ1) is 20.4. The van der Waals surface area contributed by atoms with Gasteiger partial charge in [0.1, 0.15) is 18.3 Å². The Hall–Kier alpha value is -3.60. The minimum Gasteiger partial charge on any atom is -0.467 e. The summed E-state index contributed by atoms with van der Waals surface area (Å²) in [6.07, 6.45) is -4.76. The lowest BCUT2D eigenvalue weighted by Gasteiger charge is -2.44. The normalized spacial score (nSPS) is 21.7. The van der Waals surface area contributed by atoms with Crippen LogP contribution in [0.4, 0.5) is 0 Å². The van der Waals surface area contributed by atoms with Gasteiger partial charge in [-0.25, -0.2) is 4.79 Å². The number of hydrogen-bond acceptors (Lipinski definition) is 8. The van der Waals surface area contributed by atoms with E-state index in [4.69, 9.17) is 23.7 Å². The minimum atomic E-state index is -1.29. The second-order valence-corrected chi connectivity index (χ2v) is 10.2. The highest BCUT2D eigenvalue weighted by Gasteiger charge is 2.48. The molecule has 0 saturated carbocycles. The molecule has 224 valence electrons. The van der Waals surface area contributed by atoms with Gasteiger partial charge in [0.05, 0.1) is 45.7 Å².